The second kappa shape index (κ2) is 7.16. The summed E-state index contributed by atoms with van der Waals surface area (Å²) in [6.45, 7) is 3.96. The number of nitrogens with one attached hydrogen (secondary N) is 1. The summed E-state index contributed by atoms with van der Waals surface area (Å²) in [5, 5.41) is 0.684. The highest BCUT2D eigenvalue weighted by Gasteiger charge is 2.34. The lowest BCUT2D eigenvalue weighted by Gasteiger charge is -2.22. The molecule has 1 aromatic carbocycles. The van der Waals surface area contributed by atoms with E-state index in [0.717, 1.165) is 36.1 Å². The van der Waals surface area contributed by atoms with Gasteiger partial charge in [0.2, 0.25) is 0 Å². The van der Waals surface area contributed by atoms with E-state index in [-0.39, 0.29) is 23.8 Å². The third-order valence-corrected chi connectivity index (χ3v) is 6.33. The van der Waals surface area contributed by atoms with E-state index >= 15 is 0 Å². The van der Waals surface area contributed by atoms with Gasteiger partial charge in [-0.1, -0.05) is 30.7 Å². The average Bonchev–Trinajstić information content (AvgIpc) is 3.19. The molecule has 0 radical (unpaired) electrons. The summed E-state index contributed by atoms with van der Waals surface area (Å²) < 4.78 is 5.73. The number of aromatic amines is 1. The molecular weight excluding hydrogens is 362 g/mol. The first-order valence-electron chi connectivity index (χ1n) is 9.65. The van der Waals surface area contributed by atoms with E-state index < -0.39 is 0 Å². The van der Waals surface area contributed by atoms with Gasteiger partial charge in [-0.05, 0) is 67.7 Å². The van der Waals surface area contributed by atoms with Crippen LogP contribution in [0.3, 0.4) is 0 Å². The monoisotopic (exact) mass is 385 g/mol. The first kappa shape index (κ1) is 18.3. The quantitative estimate of drug-likeness (QED) is 0.735. The Kier molecular flexibility index (Phi) is 4.85. The van der Waals surface area contributed by atoms with Gasteiger partial charge in [0.15, 0.2) is 5.78 Å². The molecular formula is C22H24ClNO3. The fourth-order valence-corrected chi connectivity index (χ4v) is 4.62. The van der Waals surface area contributed by atoms with E-state index in [9.17, 15) is 9.59 Å². The second-order valence-corrected chi connectivity index (χ2v) is 8.35. The van der Waals surface area contributed by atoms with Gasteiger partial charge in [0, 0.05) is 22.7 Å². The number of esters is 1. The van der Waals surface area contributed by atoms with Crippen LogP contribution in [0.2, 0.25) is 5.02 Å². The molecule has 1 aromatic heterocycles. The van der Waals surface area contributed by atoms with Gasteiger partial charge in [-0.3, -0.25) is 4.79 Å². The third-order valence-electron chi connectivity index (χ3n) is 6.08. The number of Topliss-reactive ketones (excluding diaryl/α,β-unsaturated/α-hetero) is 1. The highest BCUT2D eigenvalue weighted by molar-refractivity contribution is 6.30. The summed E-state index contributed by atoms with van der Waals surface area (Å²) in [5.41, 5.74) is 3.76. The van der Waals surface area contributed by atoms with Crippen molar-refractivity contribution in [2.75, 3.05) is 0 Å². The number of ether oxygens (including phenoxy) is 1. The van der Waals surface area contributed by atoms with Crippen molar-refractivity contribution in [3.05, 3.63) is 57.4 Å². The Labute approximate surface area is 164 Å². The molecule has 4 rings (SSSR count). The predicted molar refractivity (Wildman–Crippen MR) is 105 cm³/mol. The molecule has 0 bridgehead atoms. The van der Waals surface area contributed by atoms with Gasteiger partial charge in [0.1, 0.15) is 11.8 Å². The predicted octanol–water partition coefficient (Wildman–Crippen LogP) is 5.23. The molecule has 3 atom stereocenters. The molecule has 1 heterocycles. The number of aromatic nitrogens is 1. The highest BCUT2D eigenvalue weighted by atomic mass is 35.5. The molecule has 1 saturated carbocycles. The van der Waals surface area contributed by atoms with E-state index in [1.54, 1.807) is 0 Å². The Morgan fingerprint density at radius 1 is 1.19 bits per heavy atom. The SMILES string of the molecule is Cc1c(C(=O)O[C@@H]2CCC[C@@H]2C)[nH]c2c1C(=O)C[C@@H](c1ccc(Cl)cc1)C2. The molecule has 0 spiro atoms. The number of hydrogen-bond donors (Lipinski definition) is 1. The number of H-pyrrole nitrogens is 1. The molecule has 27 heavy (non-hydrogen) atoms. The van der Waals surface area contributed by atoms with Crippen LogP contribution in [0, 0.1) is 12.8 Å². The first-order valence-corrected chi connectivity index (χ1v) is 10.0. The van der Waals surface area contributed by atoms with Crippen molar-refractivity contribution in [2.45, 2.75) is 58.0 Å². The van der Waals surface area contributed by atoms with E-state index in [4.69, 9.17) is 16.3 Å². The lowest BCUT2D eigenvalue weighted by atomic mass is 9.81. The number of fused-ring (bicyclic) bond motifs is 1. The minimum atomic E-state index is -0.337. The third kappa shape index (κ3) is 3.43. The molecule has 142 valence electrons. The van der Waals surface area contributed by atoms with Crippen LogP contribution in [0.4, 0.5) is 0 Å². The number of carbonyl (C=O) groups excluding carboxylic acids is 2. The molecule has 5 heteroatoms. The molecule has 0 saturated heterocycles. The van der Waals surface area contributed by atoms with Crippen molar-refractivity contribution in [3.8, 4) is 0 Å². The van der Waals surface area contributed by atoms with Gasteiger partial charge in [0.05, 0.1) is 0 Å². The summed E-state index contributed by atoms with van der Waals surface area (Å²) >= 11 is 5.97. The molecule has 2 aliphatic carbocycles. The summed E-state index contributed by atoms with van der Waals surface area (Å²) in [6.07, 6.45) is 4.25. The van der Waals surface area contributed by atoms with Crippen LogP contribution in [0.1, 0.15) is 76.2 Å². The van der Waals surface area contributed by atoms with Crippen molar-refractivity contribution in [2.24, 2.45) is 5.92 Å². The number of ketones is 1. The molecule has 0 unspecified atom stereocenters. The van der Waals surface area contributed by atoms with Crippen molar-refractivity contribution in [1.29, 1.82) is 0 Å². The number of rotatable bonds is 3. The number of hydrogen-bond acceptors (Lipinski definition) is 3. The Bertz CT molecular complexity index is 884. The zero-order chi connectivity index (χ0) is 19.1. The Balaban J connectivity index is 1.58. The maximum atomic E-state index is 12.8. The number of benzene rings is 1. The van der Waals surface area contributed by atoms with Gasteiger partial charge >= 0.3 is 5.97 Å². The first-order chi connectivity index (χ1) is 12.9. The number of carbonyl (C=O) groups is 2. The molecule has 2 aliphatic rings. The van der Waals surface area contributed by atoms with Crippen LogP contribution >= 0.6 is 11.6 Å². The topological polar surface area (TPSA) is 59.2 Å². The van der Waals surface area contributed by atoms with Crippen molar-refractivity contribution in [3.63, 3.8) is 0 Å². The molecule has 4 nitrogen and oxygen atoms in total. The van der Waals surface area contributed by atoms with Crippen molar-refractivity contribution in [1.82, 2.24) is 4.98 Å². The van der Waals surface area contributed by atoms with E-state index in [1.165, 1.54) is 0 Å². The molecule has 0 aliphatic heterocycles. The molecule has 1 fully saturated rings. The minimum absolute atomic E-state index is 0.0188. The van der Waals surface area contributed by atoms with Gasteiger partial charge < -0.3 is 9.72 Å². The standard InChI is InChI=1S/C22H24ClNO3/c1-12-4-3-5-19(12)27-22(26)21-13(2)20-17(24-21)10-15(11-18(20)25)14-6-8-16(23)9-7-14/h6-9,12,15,19,24H,3-5,10-11H2,1-2H3/t12-,15-,19+/m0/s1. The minimum Gasteiger partial charge on any atom is -0.457 e. The summed E-state index contributed by atoms with van der Waals surface area (Å²) in [7, 11) is 0. The molecule has 0 amide bonds. The van der Waals surface area contributed by atoms with E-state index in [0.29, 0.717) is 35.0 Å². The molecule has 2 aromatic rings. The van der Waals surface area contributed by atoms with Crippen LogP contribution in [-0.2, 0) is 11.2 Å². The average molecular weight is 386 g/mol. The number of halogens is 1. The largest absolute Gasteiger partial charge is 0.457 e. The summed E-state index contributed by atoms with van der Waals surface area (Å²) in [4.78, 5) is 28.7. The summed E-state index contributed by atoms with van der Waals surface area (Å²) in [6, 6.07) is 7.64. The maximum Gasteiger partial charge on any atom is 0.355 e. The fraction of sp³-hybridized carbons (Fsp3) is 0.455. The van der Waals surface area contributed by atoms with Gasteiger partial charge in [-0.15, -0.1) is 0 Å². The van der Waals surface area contributed by atoms with E-state index in [1.807, 2.05) is 31.2 Å². The normalized spacial score (nSPS) is 24.7. The maximum absolute atomic E-state index is 12.8. The van der Waals surface area contributed by atoms with Crippen LogP contribution in [0.5, 0.6) is 0 Å². The second-order valence-electron chi connectivity index (χ2n) is 7.91. The Morgan fingerprint density at radius 3 is 2.59 bits per heavy atom. The lowest BCUT2D eigenvalue weighted by Crippen LogP contribution is -2.21. The van der Waals surface area contributed by atoms with E-state index in [2.05, 4.69) is 11.9 Å². The highest BCUT2D eigenvalue weighted by Crippen LogP contribution is 2.36. The Hall–Kier alpha value is -2.07. The smallest absolute Gasteiger partial charge is 0.355 e. The van der Waals surface area contributed by atoms with Crippen LogP contribution in [-0.4, -0.2) is 22.8 Å². The molecule has 1 N–H and O–H groups in total. The van der Waals surface area contributed by atoms with Crippen LogP contribution in [0.25, 0.3) is 0 Å². The summed E-state index contributed by atoms with van der Waals surface area (Å²) in [5.74, 6) is 0.239. The zero-order valence-electron chi connectivity index (χ0n) is 15.7. The van der Waals surface area contributed by atoms with Gasteiger partial charge in [-0.25, -0.2) is 4.79 Å². The van der Waals surface area contributed by atoms with Crippen LogP contribution < -0.4 is 0 Å². The fourth-order valence-electron chi connectivity index (χ4n) is 4.49. The van der Waals surface area contributed by atoms with Crippen molar-refractivity contribution < 1.29 is 14.3 Å². The van der Waals surface area contributed by atoms with Crippen LogP contribution in [0.15, 0.2) is 24.3 Å². The van der Waals surface area contributed by atoms with Crippen molar-refractivity contribution >= 4 is 23.4 Å². The van der Waals surface area contributed by atoms with Gasteiger partial charge in [-0.2, -0.15) is 0 Å². The lowest BCUT2D eigenvalue weighted by molar-refractivity contribution is 0.0219. The Morgan fingerprint density at radius 2 is 1.93 bits per heavy atom. The zero-order valence-corrected chi connectivity index (χ0v) is 16.4. The van der Waals surface area contributed by atoms with Gasteiger partial charge in [0.25, 0.3) is 0 Å².